The predicted octanol–water partition coefficient (Wildman–Crippen LogP) is 1.02. The van der Waals surface area contributed by atoms with Crippen LogP contribution in [0.3, 0.4) is 0 Å². The van der Waals surface area contributed by atoms with Crippen LogP contribution in [0.2, 0.25) is 0 Å². The van der Waals surface area contributed by atoms with E-state index in [-0.39, 0.29) is 6.61 Å². The molecule has 0 aromatic rings. The van der Waals surface area contributed by atoms with E-state index in [1.807, 2.05) is 0 Å². The van der Waals surface area contributed by atoms with Crippen LogP contribution in [0.4, 0.5) is 0 Å². The quantitative estimate of drug-likeness (QED) is 0.446. The Morgan fingerprint density at radius 2 is 2.20 bits per heavy atom. The fraction of sp³-hybridized carbons (Fsp3) is 0.429. The highest BCUT2D eigenvalue weighted by atomic mass is 16.5. The smallest absolute Gasteiger partial charge is 0.125 e. The third-order valence-electron chi connectivity index (χ3n) is 0.747. The maximum Gasteiger partial charge on any atom is 0.125 e. The van der Waals surface area contributed by atoms with E-state index in [4.69, 9.17) is 9.84 Å². The minimum absolute atomic E-state index is 0.149. The summed E-state index contributed by atoms with van der Waals surface area (Å²) in [7, 11) is 0. The fourth-order valence-corrected chi connectivity index (χ4v) is 0.343. The molecule has 0 spiro atoms. The van der Waals surface area contributed by atoms with Crippen molar-refractivity contribution in [2.24, 2.45) is 0 Å². The van der Waals surface area contributed by atoms with E-state index in [1.54, 1.807) is 0 Å². The van der Waals surface area contributed by atoms with E-state index < -0.39 is 0 Å². The molecule has 0 bridgehead atoms. The lowest BCUT2D eigenvalue weighted by molar-refractivity contribution is 0.193. The summed E-state index contributed by atoms with van der Waals surface area (Å²) in [4.78, 5) is 0. The number of hydrogen-bond acceptors (Lipinski definition) is 3. The number of ether oxygens (including phenoxy) is 2. The SMILES string of the molecule is C=COC=COCCCO. The molecule has 0 aliphatic carbocycles. The molecule has 0 aromatic heterocycles. The Hall–Kier alpha value is -0.960. The summed E-state index contributed by atoms with van der Waals surface area (Å²) < 4.78 is 9.47. The minimum Gasteiger partial charge on any atom is -0.498 e. The van der Waals surface area contributed by atoms with Crippen molar-refractivity contribution in [3.63, 3.8) is 0 Å². The molecule has 10 heavy (non-hydrogen) atoms. The standard InChI is InChI=1S/C7H12O3/c1-2-9-6-7-10-5-3-4-8/h2,6-8H,1,3-5H2. The lowest BCUT2D eigenvalue weighted by Gasteiger charge is -1.95. The van der Waals surface area contributed by atoms with Gasteiger partial charge in [-0.2, -0.15) is 0 Å². The molecule has 0 rings (SSSR count). The van der Waals surface area contributed by atoms with Crippen molar-refractivity contribution in [3.8, 4) is 0 Å². The fourth-order valence-electron chi connectivity index (χ4n) is 0.343. The van der Waals surface area contributed by atoms with Gasteiger partial charge in [-0.15, -0.1) is 0 Å². The van der Waals surface area contributed by atoms with Crippen LogP contribution in [0.25, 0.3) is 0 Å². The summed E-state index contributed by atoms with van der Waals surface area (Å²) in [5, 5.41) is 8.32. The predicted molar refractivity (Wildman–Crippen MR) is 38.1 cm³/mol. The van der Waals surface area contributed by atoms with E-state index in [2.05, 4.69) is 11.3 Å². The molecule has 0 aliphatic heterocycles. The topological polar surface area (TPSA) is 38.7 Å². The second-order valence-corrected chi connectivity index (χ2v) is 1.52. The van der Waals surface area contributed by atoms with Gasteiger partial charge in [-0.1, -0.05) is 6.58 Å². The molecule has 0 heterocycles. The Morgan fingerprint density at radius 3 is 2.80 bits per heavy atom. The highest BCUT2D eigenvalue weighted by Gasteiger charge is 1.79. The first-order valence-electron chi connectivity index (χ1n) is 3.05. The first kappa shape index (κ1) is 9.04. The van der Waals surface area contributed by atoms with Crippen LogP contribution in [0.15, 0.2) is 25.4 Å². The van der Waals surface area contributed by atoms with E-state index in [1.165, 1.54) is 18.8 Å². The van der Waals surface area contributed by atoms with E-state index >= 15 is 0 Å². The Balaban J connectivity index is 2.94. The van der Waals surface area contributed by atoms with Crippen molar-refractivity contribution >= 4 is 0 Å². The summed E-state index contributed by atoms with van der Waals surface area (Å²) in [5.74, 6) is 0. The molecule has 0 saturated carbocycles. The van der Waals surface area contributed by atoms with Crippen LogP contribution in [-0.4, -0.2) is 18.3 Å². The van der Waals surface area contributed by atoms with Crippen LogP contribution in [0, 0.1) is 0 Å². The molecule has 0 radical (unpaired) electrons. The average molecular weight is 144 g/mol. The monoisotopic (exact) mass is 144 g/mol. The Morgan fingerprint density at radius 1 is 1.40 bits per heavy atom. The van der Waals surface area contributed by atoms with Crippen LogP contribution in [0.5, 0.6) is 0 Å². The minimum atomic E-state index is 0.149. The maximum atomic E-state index is 8.32. The largest absolute Gasteiger partial charge is 0.498 e. The van der Waals surface area contributed by atoms with Crippen molar-refractivity contribution < 1.29 is 14.6 Å². The summed E-state index contributed by atoms with van der Waals surface area (Å²) in [6.45, 7) is 3.98. The summed E-state index contributed by atoms with van der Waals surface area (Å²) >= 11 is 0. The molecule has 0 atom stereocenters. The van der Waals surface area contributed by atoms with Crippen LogP contribution < -0.4 is 0 Å². The molecular weight excluding hydrogens is 132 g/mol. The van der Waals surface area contributed by atoms with Gasteiger partial charge in [0.2, 0.25) is 0 Å². The lowest BCUT2D eigenvalue weighted by Crippen LogP contribution is -1.90. The van der Waals surface area contributed by atoms with E-state index in [0.29, 0.717) is 13.0 Å². The summed E-state index contributed by atoms with van der Waals surface area (Å²) in [6.07, 6.45) is 4.73. The zero-order chi connectivity index (χ0) is 7.66. The average Bonchev–Trinajstić information content (AvgIpc) is 1.97. The van der Waals surface area contributed by atoms with Crippen molar-refractivity contribution in [2.75, 3.05) is 13.2 Å². The van der Waals surface area contributed by atoms with Gasteiger partial charge in [0.15, 0.2) is 0 Å². The third kappa shape index (κ3) is 7.04. The van der Waals surface area contributed by atoms with Crippen molar-refractivity contribution in [3.05, 3.63) is 25.4 Å². The van der Waals surface area contributed by atoms with Gasteiger partial charge in [-0.25, -0.2) is 0 Å². The van der Waals surface area contributed by atoms with Crippen molar-refractivity contribution in [1.29, 1.82) is 0 Å². The van der Waals surface area contributed by atoms with E-state index in [0.717, 1.165) is 0 Å². The second-order valence-electron chi connectivity index (χ2n) is 1.52. The molecule has 0 amide bonds. The van der Waals surface area contributed by atoms with Gasteiger partial charge >= 0.3 is 0 Å². The Kier molecular flexibility index (Phi) is 7.27. The number of aliphatic hydroxyl groups excluding tert-OH is 1. The molecular formula is C7H12O3. The zero-order valence-electron chi connectivity index (χ0n) is 5.82. The lowest BCUT2D eigenvalue weighted by atomic mass is 10.5. The molecule has 0 aromatic carbocycles. The van der Waals surface area contributed by atoms with Crippen LogP contribution >= 0.6 is 0 Å². The molecule has 0 aliphatic rings. The van der Waals surface area contributed by atoms with Crippen LogP contribution in [-0.2, 0) is 9.47 Å². The van der Waals surface area contributed by atoms with Gasteiger partial charge in [-0.3, -0.25) is 0 Å². The summed E-state index contributed by atoms with van der Waals surface area (Å²) in [6, 6.07) is 0. The number of hydrogen-bond donors (Lipinski definition) is 1. The molecule has 3 heteroatoms. The summed E-state index contributed by atoms with van der Waals surface area (Å²) in [5.41, 5.74) is 0. The molecule has 0 saturated heterocycles. The van der Waals surface area contributed by atoms with Gasteiger partial charge in [0.25, 0.3) is 0 Å². The first-order chi connectivity index (χ1) is 4.91. The normalized spacial score (nSPS) is 9.70. The van der Waals surface area contributed by atoms with Gasteiger partial charge in [0.05, 0.1) is 12.9 Å². The maximum absolute atomic E-state index is 8.32. The number of aliphatic hydroxyl groups is 1. The number of rotatable bonds is 6. The van der Waals surface area contributed by atoms with E-state index in [9.17, 15) is 0 Å². The van der Waals surface area contributed by atoms with Gasteiger partial charge in [0, 0.05) is 13.0 Å². The molecule has 0 unspecified atom stereocenters. The molecule has 0 fully saturated rings. The van der Waals surface area contributed by atoms with Gasteiger partial charge in [0.1, 0.15) is 12.5 Å². The molecule has 1 N–H and O–H groups in total. The Labute approximate surface area is 60.6 Å². The van der Waals surface area contributed by atoms with Crippen LogP contribution in [0.1, 0.15) is 6.42 Å². The zero-order valence-corrected chi connectivity index (χ0v) is 5.82. The third-order valence-corrected chi connectivity index (χ3v) is 0.747. The van der Waals surface area contributed by atoms with Crippen molar-refractivity contribution in [1.82, 2.24) is 0 Å². The molecule has 58 valence electrons. The highest BCUT2D eigenvalue weighted by Crippen LogP contribution is 1.83. The van der Waals surface area contributed by atoms with Gasteiger partial charge < -0.3 is 14.6 Å². The van der Waals surface area contributed by atoms with Crippen molar-refractivity contribution in [2.45, 2.75) is 6.42 Å². The van der Waals surface area contributed by atoms with Gasteiger partial charge in [-0.05, 0) is 0 Å². The highest BCUT2D eigenvalue weighted by molar-refractivity contribution is 4.65. The molecule has 3 nitrogen and oxygen atoms in total. The second kappa shape index (κ2) is 8.04. The Bertz CT molecular complexity index is 99.0. The first-order valence-corrected chi connectivity index (χ1v) is 3.05.